The molecule has 0 saturated carbocycles. The molecule has 4 rings (SSSR count). The molecule has 1 amide bonds. The number of ketones is 1. The first-order chi connectivity index (χ1) is 16.3. The van der Waals surface area contributed by atoms with E-state index < -0.39 is 0 Å². The van der Waals surface area contributed by atoms with Crippen LogP contribution in [0.2, 0.25) is 5.02 Å². The summed E-state index contributed by atoms with van der Waals surface area (Å²) < 4.78 is 1.53. The second kappa shape index (κ2) is 9.65. The van der Waals surface area contributed by atoms with Crippen molar-refractivity contribution in [2.75, 3.05) is 14.1 Å². The summed E-state index contributed by atoms with van der Waals surface area (Å²) in [4.78, 5) is 41.0. The molecule has 0 radical (unpaired) electrons. The van der Waals surface area contributed by atoms with E-state index in [9.17, 15) is 14.4 Å². The second-order valence-corrected chi connectivity index (χ2v) is 8.78. The highest BCUT2D eigenvalue weighted by Gasteiger charge is 2.23. The van der Waals surface area contributed by atoms with Gasteiger partial charge < -0.3 is 4.90 Å². The number of aromatic nitrogens is 1. The van der Waals surface area contributed by atoms with Crippen LogP contribution in [0.1, 0.15) is 39.8 Å². The van der Waals surface area contributed by atoms with E-state index in [-0.39, 0.29) is 30.2 Å². The molecule has 4 aromatic rings. The van der Waals surface area contributed by atoms with Gasteiger partial charge in [-0.15, -0.1) is 0 Å². The van der Waals surface area contributed by atoms with Gasteiger partial charge in [0.15, 0.2) is 5.78 Å². The average Bonchev–Trinajstić information content (AvgIpc) is 2.85. The predicted molar refractivity (Wildman–Crippen MR) is 137 cm³/mol. The molecule has 5 nitrogen and oxygen atoms in total. The van der Waals surface area contributed by atoms with Crippen molar-refractivity contribution < 1.29 is 9.59 Å². The number of halogens is 1. The monoisotopic (exact) mass is 472 g/mol. The van der Waals surface area contributed by atoms with Crippen molar-refractivity contribution in [2.45, 2.75) is 19.9 Å². The fourth-order valence-corrected chi connectivity index (χ4v) is 4.34. The SMILES string of the molecule is CCC(=O)c1c(-c2ccccc2)c2cc(Cl)ccc2c(=O)n1Cc1cccc(C(=O)N(C)C)c1. The van der Waals surface area contributed by atoms with Crippen LogP contribution in [0.5, 0.6) is 0 Å². The Morgan fingerprint density at radius 2 is 1.65 bits per heavy atom. The fourth-order valence-electron chi connectivity index (χ4n) is 4.17. The van der Waals surface area contributed by atoms with Crippen LogP contribution in [-0.4, -0.2) is 35.3 Å². The van der Waals surface area contributed by atoms with Gasteiger partial charge in [0.25, 0.3) is 11.5 Å². The lowest BCUT2D eigenvalue weighted by molar-refractivity contribution is 0.0827. The van der Waals surface area contributed by atoms with Crippen molar-refractivity contribution in [3.05, 3.63) is 105 Å². The summed E-state index contributed by atoms with van der Waals surface area (Å²) in [7, 11) is 3.39. The van der Waals surface area contributed by atoms with Crippen LogP contribution in [0, 0.1) is 0 Å². The van der Waals surface area contributed by atoms with Crippen molar-refractivity contribution in [1.29, 1.82) is 0 Å². The zero-order valence-corrected chi connectivity index (χ0v) is 20.1. The average molecular weight is 473 g/mol. The van der Waals surface area contributed by atoms with Crippen LogP contribution in [0.4, 0.5) is 0 Å². The minimum Gasteiger partial charge on any atom is -0.345 e. The molecule has 0 unspecified atom stereocenters. The van der Waals surface area contributed by atoms with Gasteiger partial charge in [-0.05, 0) is 46.8 Å². The van der Waals surface area contributed by atoms with E-state index in [1.165, 1.54) is 9.47 Å². The molecular formula is C28H25ClN2O3. The Bertz CT molecular complexity index is 1460. The number of hydrogen-bond acceptors (Lipinski definition) is 3. The van der Waals surface area contributed by atoms with Crippen LogP contribution < -0.4 is 5.56 Å². The molecule has 1 heterocycles. The van der Waals surface area contributed by atoms with Gasteiger partial charge in [-0.3, -0.25) is 19.0 Å². The molecule has 0 aliphatic carbocycles. The third-order valence-corrected chi connectivity index (χ3v) is 6.04. The molecule has 0 aliphatic rings. The number of amides is 1. The molecule has 34 heavy (non-hydrogen) atoms. The summed E-state index contributed by atoms with van der Waals surface area (Å²) in [5, 5.41) is 1.62. The first-order valence-corrected chi connectivity index (χ1v) is 11.4. The molecule has 6 heteroatoms. The van der Waals surface area contributed by atoms with E-state index in [0.717, 1.165) is 11.1 Å². The van der Waals surface area contributed by atoms with E-state index in [1.54, 1.807) is 57.4 Å². The Morgan fingerprint density at radius 1 is 0.912 bits per heavy atom. The molecule has 0 fully saturated rings. The van der Waals surface area contributed by atoms with Gasteiger partial charge in [0.05, 0.1) is 12.2 Å². The fraction of sp³-hybridized carbons (Fsp3) is 0.179. The van der Waals surface area contributed by atoms with E-state index in [2.05, 4.69) is 0 Å². The Balaban J connectivity index is 2.03. The summed E-state index contributed by atoms with van der Waals surface area (Å²) in [6.07, 6.45) is 0.241. The van der Waals surface area contributed by atoms with Crippen LogP contribution in [0.15, 0.2) is 77.6 Å². The highest BCUT2D eigenvalue weighted by atomic mass is 35.5. The van der Waals surface area contributed by atoms with Crippen molar-refractivity contribution in [3.63, 3.8) is 0 Å². The van der Waals surface area contributed by atoms with E-state index in [1.807, 2.05) is 36.4 Å². The van der Waals surface area contributed by atoms with Crippen LogP contribution in [0.25, 0.3) is 21.9 Å². The maximum Gasteiger partial charge on any atom is 0.259 e. The highest BCUT2D eigenvalue weighted by Crippen LogP contribution is 2.33. The van der Waals surface area contributed by atoms with Crippen molar-refractivity contribution in [2.24, 2.45) is 0 Å². The molecule has 0 N–H and O–H groups in total. The lowest BCUT2D eigenvalue weighted by Gasteiger charge is -2.20. The molecule has 172 valence electrons. The molecular weight excluding hydrogens is 448 g/mol. The van der Waals surface area contributed by atoms with Gasteiger partial charge >= 0.3 is 0 Å². The third kappa shape index (κ3) is 4.39. The number of benzene rings is 3. The van der Waals surface area contributed by atoms with Gasteiger partial charge in [0.2, 0.25) is 0 Å². The minimum atomic E-state index is -0.271. The predicted octanol–water partition coefficient (Wildman–Crippen LogP) is 5.66. The molecule has 3 aromatic carbocycles. The van der Waals surface area contributed by atoms with E-state index in [4.69, 9.17) is 11.6 Å². The number of Topliss-reactive ketones (excluding diaryl/α,β-unsaturated/α-hetero) is 1. The van der Waals surface area contributed by atoms with Crippen molar-refractivity contribution >= 4 is 34.1 Å². The van der Waals surface area contributed by atoms with Gasteiger partial charge in [-0.25, -0.2) is 0 Å². The Labute approximate surface area is 203 Å². The van der Waals surface area contributed by atoms with Gasteiger partial charge in [0, 0.05) is 42.1 Å². The van der Waals surface area contributed by atoms with Gasteiger partial charge in [-0.1, -0.05) is 61.0 Å². The normalized spacial score (nSPS) is 10.9. The first kappa shape index (κ1) is 23.5. The zero-order valence-electron chi connectivity index (χ0n) is 19.3. The van der Waals surface area contributed by atoms with Crippen LogP contribution in [-0.2, 0) is 6.54 Å². The maximum absolute atomic E-state index is 13.7. The largest absolute Gasteiger partial charge is 0.345 e. The standard InChI is InChI=1S/C28H25ClN2O3/c1-4-24(32)26-25(19-10-6-5-7-11-19)23-16-21(29)13-14-22(23)28(34)31(26)17-18-9-8-12-20(15-18)27(33)30(2)3/h5-16H,4,17H2,1-3H3. The van der Waals surface area contributed by atoms with Gasteiger partial charge in [-0.2, -0.15) is 0 Å². The minimum absolute atomic E-state index is 0.128. The number of nitrogens with zero attached hydrogens (tertiary/aromatic N) is 2. The molecule has 0 saturated heterocycles. The van der Waals surface area contributed by atoms with E-state index >= 15 is 0 Å². The van der Waals surface area contributed by atoms with Gasteiger partial charge in [0.1, 0.15) is 0 Å². The lowest BCUT2D eigenvalue weighted by atomic mass is 9.94. The number of pyridine rings is 1. The smallest absolute Gasteiger partial charge is 0.259 e. The quantitative estimate of drug-likeness (QED) is 0.340. The number of carbonyl (C=O) groups excluding carboxylic acids is 2. The molecule has 0 spiro atoms. The summed E-state index contributed by atoms with van der Waals surface area (Å²) in [5.41, 5.74) is 2.87. The Hall–Kier alpha value is -3.70. The summed E-state index contributed by atoms with van der Waals surface area (Å²) in [6, 6.07) is 21.8. The lowest BCUT2D eigenvalue weighted by Crippen LogP contribution is -2.28. The zero-order chi connectivity index (χ0) is 24.4. The van der Waals surface area contributed by atoms with Crippen LogP contribution >= 0.6 is 11.6 Å². The maximum atomic E-state index is 13.7. The second-order valence-electron chi connectivity index (χ2n) is 8.35. The topological polar surface area (TPSA) is 59.4 Å². The van der Waals surface area contributed by atoms with Crippen molar-refractivity contribution in [1.82, 2.24) is 9.47 Å². The molecule has 1 aromatic heterocycles. The summed E-state index contributed by atoms with van der Waals surface area (Å²) in [6.45, 7) is 1.94. The Morgan fingerprint density at radius 3 is 2.32 bits per heavy atom. The summed E-state index contributed by atoms with van der Waals surface area (Å²) >= 11 is 6.31. The molecule has 0 bridgehead atoms. The molecule has 0 aliphatic heterocycles. The number of hydrogen-bond donors (Lipinski definition) is 0. The Kier molecular flexibility index (Phi) is 6.66. The van der Waals surface area contributed by atoms with Crippen LogP contribution in [0.3, 0.4) is 0 Å². The number of rotatable bonds is 6. The van der Waals surface area contributed by atoms with E-state index in [0.29, 0.717) is 32.6 Å². The first-order valence-electron chi connectivity index (χ1n) is 11.1. The van der Waals surface area contributed by atoms with Crippen molar-refractivity contribution in [3.8, 4) is 11.1 Å². The third-order valence-electron chi connectivity index (χ3n) is 5.80. The summed E-state index contributed by atoms with van der Waals surface area (Å²) in [5.74, 6) is -0.268. The highest BCUT2D eigenvalue weighted by molar-refractivity contribution is 6.31. The molecule has 0 atom stereocenters. The number of fused-ring (bicyclic) bond motifs is 1. The number of carbonyl (C=O) groups is 2.